The Morgan fingerprint density at radius 2 is 2.17 bits per heavy atom. The van der Waals surface area contributed by atoms with E-state index in [9.17, 15) is 5.11 Å². The summed E-state index contributed by atoms with van der Waals surface area (Å²) in [6.07, 6.45) is 1.97. The third kappa shape index (κ3) is 1.93. The van der Waals surface area contributed by atoms with Crippen molar-refractivity contribution in [2.75, 3.05) is 6.26 Å². The zero-order valence-electron chi connectivity index (χ0n) is 7.24. The minimum absolute atomic E-state index is 0.110. The van der Waals surface area contributed by atoms with Crippen LogP contribution in [-0.4, -0.2) is 11.4 Å². The number of aromatic hydroxyl groups is 1. The normalized spacial score (nSPS) is 12.9. The molecule has 0 bridgehead atoms. The number of phenolic OH excluding ortho intramolecular Hbond substituents is 1. The molecule has 0 saturated heterocycles. The molecule has 1 aromatic rings. The first-order valence-electron chi connectivity index (χ1n) is 3.77. The molecule has 0 radical (unpaired) electrons. The van der Waals surface area contributed by atoms with Gasteiger partial charge in [0.2, 0.25) is 0 Å². The molecule has 12 heavy (non-hydrogen) atoms. The SMILES string of the molecule is CSc1ccc(C(C)N)c(O)c1. The van der Waals surface area contributed by atoms with Crippen molar-refractivity contribution in [3.05, 3.63) is 23.8 Å². The van der Waals surface area contributed by atoms with Crippen molar-refractivity contribution >= 4 is 11.8 Å². The number of hydrogen-bond donors (Lipinski definition) is 2. The molecular weight excluding hydrogens is 170 g/mol. The number of thioether (sulfide) groups is 1. The first kappa shape index (κ1) is 9.42. The Morgan fingerprint density at radius 1 is 1.50 bits per heavy atom. The maximum Gasteiger partial charge on any atom is 0.121 e. The van der Waals surface area contributed by atoms with Gasteiger partial charge in [-0.25, -0.2) is 0 Å². The lowest BCUT2D eigenvalue weighted by Crippen LogP contribution is -2.04. The van der Waals surface area contributed by atoms with Gasteiger partial charge in [0.25, 0.3) is 0 Å². The van der Waals surface area contributed by atoms with E-state index in [-0.39, 0.29) is 11.8 Å². The van der Waals surface area contributed by atoms with Crippen LogP contribution < -0.4 is 5.73 Å². The van der Waals surface area contributed by atoms with Gasteiger partial charge in [0.05, 0.1) is 0 Å². The molecule has 0 aliphatic heterocycles. The zero-order chi connectivity index (χ0) is 9.14. The molecule has 1 rings (SSSR count). The van der Waals surface area contributed by atoms with Crippen molar-refractivity contribution in [3.8, 4) is 5.75 Å². The van der Waals surface area contributed by atoms with Crippen molar-refractivity contribution in [1.82, 2.24) is 0 Å². The van der Waals surface area contributed by atoms with Crippen LogP contribution in [0.2, 0.25) is 0 Å². The number of hydrogen-bond acceptors (Lipinski definition) is 3. The third-order valence-corrected chi connectivity index (χ3v) is 2.45. The first-order valence-corrected chi connectivity index (χ1v) is 5.00. The standard InChI is InChI=1S/C9H13NOS/c1-6(10)8-4-3-7(12-2)5-9(8)11/h3-6,11H,10H2,1-2H3. The van der Waals surface area contributed by atoms with Crippen LogP contribution in [-0.2, 0) is 0 Å². The fraction of sp³-hybridized carbons (Fsp3) is 0.333. The van der Waals surface area contributed by atoms with E-state index in [1.807, 2.05) is 25.3 Å². The maximum atomic E-state index is 9.50. The third-order valence-electron chi connectivity index (χ3n) is 1.73. The van der Waals surface area contributed by atoms with Gasteiger partial charge in [0.1, 0.15) is 5.75 Å². The summed E-state index contributed by atoms with van der Waals surface area (Å²) in [5.74, 6) is 0.289. The van der Waals surface area contributed by atoms with E-state index in [2.05, 4.69) is 0 Å². The molecule has 0 fully saturated rings. The minimum Gasteiger partial charge on any atom is -0.508 e. The molecule has 3 heteroatoms. The van der Waals surface area contributed by atoms with E-state index in [4.69, 9.17) is 5.73 Å². The van der Waals surface area contributed by atoms with Gasteiger partial charge in [0.15, 0.2) is 0 Å². The van der Waals surface area contributed by atoms with Crippen LogP contribution in [0.4, 0.5) is 0 Å². The van der Waals surface area contributed by atoms with Gasteiger partial charge >= 0.3 is 0 Å². The lowest BCUT2D eigenvalue weighted by atomic mass is 10.1. The van der Waals surface area contributed by atoms with Gasteiger partial charge in [-0.05, 0) is 25.3 Å². The van der Waals surface area contributed by atoms with Crippen LogP contribution >= 0.6 is 11.8 Å². The van der Waals surface area contributed by atoms with Gasteiger partial charge in [-0.15, -0.1) is 11.8 Å². The molecule has 1 atom stereocenters. The predicted octanol–water partition coefficient (Wildman–Crippen LogP) is 2.13. The summed E-state index contributed by atoms with van der Waals surface area (Å²) >= 11 is 1.60. The first-order chi connectivity index (χ1) is 5.65. The Bertz CT molecular complexity index is 273. The fourth-order valence-corrected chi connectivity index (χ4v) is 1.47. The van der Waals surface area contributed by atoms with Crippen molar-refractivity contribution < 1.29 is 5.11 Å². The average molecular weight is 183 g/mol. The molecular formula is C9H13NOS. The van der Waals surface area contributed by atoms with Gasteiger partial charge in [-0.3, -0.25) is 0 Å². The van der Waals surface area contributed by atoms with E-state index in [0.717, 1.165) is 10.5 Å². The summed E-state index contributed by atoms with van der Waals surface area (Å²) in [5.41, 5.74) is 6.44. The van der Waals surface area contributed by atoms with Gasteiger partial charge in [-0.1, -0.05) is 6.07 Å². The Kier molecular flexibility index (Phi) is 3.00. The smallest absolute Gasteiger partial charge is 0.121 e. The van der Waals surface area contributed by atoms with Gasteiger partial charge in [-0.2, -0.15) is 0 Å². The molecule has 66 valence electrons. The van der Waals surface area contributed by atoms with E-state index in [0.29, 0.717) is 0 Å². The monoisotopic (exact) mass is 183 g/mol. The molecule has 0 heterocycles. The maximum absolute atomic E-state index is 9.50. The van der Waals surface area contributed by atoms with Crippen LogP contribution in [0, 0.1) is 0 Å². The van der Waals surface area contributed by atoms with E-state index in [1.54, 1.807) is 17.8 Å². The molecule has 0 saturated carbocycles. The Hall–Kier alpha value is -0.670. The topological polar surface area (TPSA) is 46.2 Å². The van der Waals surface area contributed by atoms with Crippen molar-refractivity contribution in [1.29, 1.82) is 0 Å². The highest BCUT2D eigenvalue weighted by atomic mass is 32.2. The molecule has 2 nitrogen and oxygen atoms in total. The zero-order valence-corrected chi connectivity index (χ0v) is 8.06. The number of benzene rings is 1. The molecule has 1 unspecified atom stereocenters. The summed E-state index contributed by atoms with van der Waals surface area (Å²) in [6.45, 7) is 1.85. The minimum atomic E-state index is -0.110. The molecule has 0 spiro atoms. The lowest BCUT2D eigenvalue weighted by molar-refractivity contribution is 0.462. The fourth-order valence-electron chi connectivity index (χ4n) is 1.04. The molecule has 3 N–H and O–H groups in total. The second-order valence-electron chi connectivity index (χ2n) is 2.71. The van der Waals surface area contributed by atoms with Crippen molar-refractivity contribution in [3.63, 3.8) is 0 Å². The number of rotatable bonds is 2. The van der Waals surface area contributed by atoms with Crippen LogP contribution in [0.5, 0.6) is 5.75 Å². The lowest BCUT2D eigenvalue weighted by Gasteiger charge is -2.08. The van der Waals surface area contributed by atoms with E-state index in [1.165, 1.54) is 0 Å². The van der Waals surface area contributed by atoms with E-state index < -0.39 is 0 Å². The largest absolute Gasteiger partial charge is 0.508 e. The molecule has 0 amide bonds. The Morgan fingerprint density at radius 3 is 2.58 bits per heavy atom. The average Bonchev–Trinajstić information content (AvgIpc) is 2.03. The van der Waals surface area contributed by atoms with Gasteiger partial charge in [0, 0.05) is 16.5 Å². The highest BCUT2D eigenvalue weighted by Crippen LogP contribution is 2.27. The predicted molar refractivity (Wildman–Crippen MR) is 52.5 cm³/mol. The van der Waals surface area contributed by atoms with Crippen LogP contribution in [0.1, 0.15) is 18.5 Å². The van der Waals surface area contributed by atoms with E-state index >= 15 is 0 Å². The summed E-state index contributed by atoms with van der Waals surface area (Å²) in [5, 5.41) is 9.50. The Labute approximate surface area is 76.8 Å². The highest BCUT2D eigenvalue weighted by molar-refractivity contribution is 7.98. The van der Waals surface area contributed by atoms with Gasteiger partial charge < -0.3 is 10.8 Å². The molecule has 0 aliphatic rings. The molecule has 1 aromatic carbocycles. The number of nitrogens with two attached hydrogens (primary N) is 1. The summed E-state index contributed by atoms with van der Waals surface area (Å²) in [4.78, 5) is 1.05. The summed E-state index contributed by atoms with van der Waals surface area (Å²) < 4.78 is 0. The quantitative estimate of drug-likeness (QED) is 0.690. The second kappa shape index (κ2) is 3.83. The Balaban J connectivity index is 3.03. The molecule has 0 aliphatic carbocycles. The number of phenols is 1. The van der Waals surface area contributed by atoms with Crippen molar-refractivity contribution in [2.24, 2.45) is 5.73 Å². The van der Waals surface area contributed by atoms with Crippen molar-refractivity contribution in [2.45, 2.75) is 17.9 Å². The van der Waals surface area contributed by atoms with Crippen LogP contribution in [0.3, 0.4) is 0 Å². The second-order valence-corrected chi connectivity index (χ2v) is 3.59. The van der Waals surface area contributed by atoms with Crippen LogP contribution in [0.15, 0.2) is 23.1 Å². The molecule has 0 aromatic heterocycles. The summed E-state index contributed by atoms with van der Waals surface area (Å²) in [7, 11) is 0. The van der Waals surface area contributed by atoms with Crippen LogP contribution in [0.25, 0.3) is 0 Å². The highest BCUT2D eigenvalue weighted by Gasteiger charge is 2.05. The summed E-state index contributed by atoms with van der Waals surface area (Å²) in [6, 6.07) is 5.46.